The lowest BCUT2D eigenvalue weighted by Gasteiger charge is -2.09. The van der Waals surface area contributed by atoms with Gasteiger partial charge in [0.15, 0.2) is 16.6 Å². The fraction of sp³-hybridized carbons (Fsp3) is 0.231. The summed E-state index contributed by atoms with van der Waals surface area (Å²) in [7, 11) is 0. The zero-order chi connectivity index (χ0) is 16.6. The van der Waals surface area contributed by atoms with Crippen LogP contribution < -0.4 is 5.32 Å². The van der Waals surface area contributed by atoms with Crippen LogP contribution in [0.3, 0.4) is 0 Å². The van der Waals surface area contributed by atoms with Gasteiger partial charge in [0.25, 0.3) is 0 Å². The average molecular weight is 372 g/mol. The predicted octanol–water partition coefficient (Wildman–Crippen LogP) is 3.45. The fourth-order valence-electron chi connectivity index (χ4n) is 1.85. The van der Waals surface area contributed by atoms with Gasteiger partial charge in [0.05, 0.1) is 15.3 Å². The smallest absolute Gasteiger partial charge is 0.238 e. The number of carbonyl (C=O) groups excluding carboxylic acids is 1. The van der Waals surface area contributed by atoms with E-state index in [0.29, 0.717) is 32.4 Å². The van der Waals surface area contributed by atoms with E-state index in [-0.39, 0.29) is 5.91 Å². The summed E-state index contributed by atoms with van der Waals surface area (Å²) >= 11 is 13.3. The molecule has 0 fully saturated rings. The third-order valence-electron chi connectivity index (χ3n) is 2.93. The Bertz CT molecular complexity index is 879. The third kappa shape index (κ3) is 3.44. The lowest BCUT2D eigenvalue weighted by atomic mass is 10.4. The number of halogens is 2. The minimum atomic E-state index is -0.433. The molecule has 0 aliphatic heterocycles. The highest BCUT2D eigenvalue weighted by molar-refractivity contribution is 8.00. The lowest BCUT2D eigenvalue weighted by Crippen LogP contribution is -2.22. The van der Waals surface area contributed by atoms with Crippen LogP contribution in [-0.4, -0.2) is 30.9 Å². The van der Waals surface area contributed by atoms with E-state index in [1.165, 1.54) is 11.8 Å². The molecular formula is C13H11Cl2N5O2S. The van der Waals surface area contributed by atoms with Crippen LogP contribution in [0.25, 0.3) is 5.65 Å². The normalized spacial score (nSPS) is 12.5. The SMILES string of the molecule is Cc1cc(NC(=O)C(C)Sc2nnc3c(Cl)cc(Cl)cn23)no1. The Morgan fingerprint density at radius 3 is 2.87 bits per heavy atom. The van der Waals surface area contributed by atoms with E-state index in [1.54, 1.807) is 36.6 Å². The molecule has 1 amide bonds. The highest BCUT2D eigenvalue weighted by Gasteiger charge is 2.20. The summed E-state index contributed by atoms with van der Waals surface area (Å²) < 4.78 is 6.56. The molecule has 0 bridgehead atoms. The van der Waals surface area contributed by atoms with Gasteiger partial charge in [-0.25, -0.2) is 0 Å². The second-order valence-corrected chi connectivity index (χ2v) is 6.91. The number of thioether (sulfide) groups is 1. The molecule has 1 unspecified atom stereocenters. The number of fused-ring (bicyclic) bond motifs is 1. The quantitative estimate of drug-likeness (QED) is 0.706. The van der Waals surface area contributed by atoms with Crippen molar-refractivity contribution in [1.82, 2.24) is 19.8 Å². The van der Waals surface area contributed by atoms with Crippen LogP contribution in [0.1, 0.15) is 12.7 Å². The number of aryl methyl sites for hydroxylation is 1. The molecule has 0 spiro atoms. The molecule has 0 aromatic carbocycles. The monoisotopic (exact) mass is 371 g/mol. The number of aromatic nitrogens is 4. The van der Waals surface area contributed by atoms with Crippen molar-refractivity contribution in [3.8, 4) is 0 Å². The van der Waals surface area contributed by atoms with Crippen LogP contribution in [0.15, 0.2) is 28.0 Å². The number of carbonyl (C=O) groups is 1. The molecule has 0 radical (unpaired) electrons. The van der Waals surface area contributed by atoms with Gasteiger partial charge in [0.2, 0.25) is 5.91 Å². The number of nitrogens with one attached hydrogen (secondary N) is 1. The van der Waals surface area contributed by atoms with Crippen LogP contribution in [-0.2, 0) is 4.79 Å². The van der Waals surface area contributed by atoms with Crippen molar-refractivity contribution < 1.29 is 9.32 Å². The average Bonchev–Trinajstić information content (AvgIpc) is 3.06. The summed E-state index contributed by atoms with van der Waals surface area (Å²) in [5, 5.41) is 15.4. The molecule has 0 saturated carbocycles. The number of hydrogen-bond donors (Lipinski definition) is 1. The van der Waals surface area contributed by atoms with Gasteiger partial charge in [-0.05, 0) is 19.9 Å². The minimum absolute atomic E-state index is 0.229. The summed E-state index contributed by atoms with van der Waals surface area (Å²) in [6.45, 7) is 3.50. The number of nitrogens with zero attached hydrogens (tertiary/aromatic N) is 4. The van der Waals surface area contributed by atoms with Crippen molar-refractivity contribution in [3.63, 3.8) is 0 Å². The zero-order valence-electron chi connectivity index (χ0n) is 12.1. The Labute approximate surface area is 145 Å². The summed E-state index contributed by atoms with van der Waals surface area (Å²) in [6.07, 6.45) is 1.65. The molecule has 7 nitrogen and oxygen atoms in total. The maximum absolute atomic E-state index is 12.2. The largest absolute Gasteiger partial charge is 0.360 e. The second-order valence-electron chi connectivity index (χ2n) is 4.75. The third-order valence-corrected chi connectivity index (χ3v) is 4.47. The van der Waals surface area contributed by atoms with Gasteiger partial charge < -0.3 is 9.84 Å². The van der Waals surface area contributed by atoms with Gasteiger partial charge in [-0.1, -0.05) is 40.1 Å². The second kappa shape index (κ2) is 6.38. The Morgan fingerprint density at radius 1 is 1.39 bits per heavy atom. The van der Waals surface area contributed by atoms with Crippen molar-refractivity contribution in [2.24, 2.45) is 0 Å². The lowest BCUT2D eigenvalue weighted by molar-refractivity contribution is -0.115. The first-order chi connectivity index (χ1) is 10.9. The maximum atomic E-state index is 12.2. The minimum Gasteiger partial charge on any atom is -0.360 e. The Balaban J connectivity index is 1.77. The first-order valence-electron chi connectivity index (χ1n) is 6.54. The van der Waals surface area contributed by atoms with Gasteiger partial charge in [0.1, 0.15) is 5.76 Å². The Morgan fingerprint density at radius 2 is 2.17 bits per heavy atom. The Hall–Kier alpha value is -1.77. The van der Waals surface area contributed by atoms with Crippen LogP contribution in [0.4, 0.5) is 5.82 Å². The van der Waals surface area contributed by atoms with Crippen molar-refractivity contribution in [2.45, 2.75) is 24.3 Å². The van der Waals surface area contributed by atoms with Gasteiger partial charge in [-0.2, -0.15) is 0 Å². The summed E-state index contributed by atoms with van der Waals surface area (Å²) in [5.74, 6) is 0.763. The predicted molar refractivity (Wildman–Crippen MR) is 88.2 cm³/mol. The van der Waals surface area contributed by atoms with E-state index in [2.05, 4.69) is 20.7 Å². The molecule has 3 aromatic heterocycles. The van der Waals surface area contributed by atoms with E-state index < -0.39 is 5.25 Å². The molecule has 1 N–H and O–H groups in total. The fourth-order valence-corrected chi connectivity index (χ4v) is 3.18. The molecule has 3 aromatic rings. The number of rotatable bonds is 4. The summed E-state index contributed by atoms with van der Waals surface area (Å²) in [6, 6.07) is 3.23. The highest BCUT2D eigenvalue weighted by Crippen LogP contribution is 2.27. The molecule has 23 heavy (non-hydrogen) atoms. The number of amides is 1. The molecule has 3 rings (SSSR count). The summed E-state index contributed by atoms with van der Waals surface area (Å²) in [5.41, 5.74) is 0.485. The van der Waals surface area contributed by atoms with Gasteiger partial charge in [0, 0.05) is 12.3 Å². The van der Waals surface area contributed by atoms with E-state index in [0.717, 1.165) is 0 Å². The molecular weight excluding hydrogens is 361 g/mol. The van der Waals surface area contributed by atoms with E-state index in [1.807, 2.05) is 0 Å². The van der Waals surface area contributed by atoms with Crippen molar-refractivity contribution in [1.29, 1.82) is 0 Å². The molecule has 120 valence electrons. The topological polar surface area (TPSA) is 85.3 Å². The number of hydrogen-bond acceptors (Lipinski definition) is 6. The standard InChI is InChI=1S/C13H11Cl2N5O2S/c1-6-3-10(19-22-6)16-12(21)7(2)23-13-18-17-11-9(15)4-8(14)5-20(11)13/h3-5,7H,1-2H3,(H,16,19,21). The molecule has 0 aliphatic rings. The molecule has 3 heterocycles. The van der Waals surface area contributed by atoms with E-state index in [9.17, 15) is 4.79 Å². The highest BCUT2D eigenvalue weighted by atomic mass is 35.5. The molecule has 1 atom stereocenters. The number of pyridine rings is 1. The zero-order valence-corrected chi connectivity index (χ0v) is 14.4. The maximum Gasteiger partial charge on any atom is 0.238 e. The van der Waals surface area contributed by atoms with E-state index in [4.69, 9.17) is 27.7 Å². The van der Waals surface area contributed by atoms with Gasteiger partial charge in [-0.15, -0.1) is 10.2 Å². The van der Waals surface area contributed by atoms with Crippen LogP contribution in [0.2, 0.25) is 10.0 Å². The van der Waals surface area contributed by atoms with Crippen molar-refractivity contribution >= 4 is 52.3 Å². The molecule has 10 heteroatoms. The van der Waals surface area contributed by atoms with E-state index >= 15 is 0 Å². The van der Waals surface area contributed by atoms with Crippen LogP contribution in [0, 0.1) is 6.92 Å². The first-order valence-corrected chi connectivity index (χ1v) is 8.18. The Kier molecular flexibility index (Phi) is 4.47. The van der Waals surface area contributed by atoms with Crippen LogP contribution in [0.5, 0.6) is 0 Å². The summed E-state index contributed by atoms with van der Waals surface area (Å²) in [4.78, 5) is 12.2. The van der Waals surface area contributed by atoms with Gasteiger partial charge in [-0.3, -0.25) is 9.20 Å². The van der Waals surface area contributed by atoms with Crippen molar-refractivity contribution in [3.05, 3.63) is 34.1 Å². The van der Waals surface area contributed by atoms with Crippen molar-refractivity contribution in [2.75, 3.05) is 5.32 Å². The molecule has 0 saturated heterocycles. The first kappa shape index (κ1) is 16.1. The molecule has 0 aliphatic carbocycles. The van der Waals surface area contributed by atoms with Crippen LogP contribution >= 0.6 is 35.0 Å². The number of anilines is 1. The van der Waals surface area contributed by atoms with Gasteiger partial charge >= 0.3 is 0 Å².